The van der Waals surface area contributed by atoms with Crippen molar-refractivity contribution in [2.45, 2.75) is 36.6 Å². The maximum Gasteiger partial charge on any atom is 0.258 e. The minimum absolute atomic E-state index is 0.105. The second kappa shape index (κ2) is 9.67. The predicted molar refractivity (Wildman–Crippen MR) is 140 cm³/mol. The van der Waals surface area contributed by atoms with Gasteiger partial charge in [0.1, 0.15) is 5.65 Å². The summed E-state index contributed by atoms with van der Waals surface area (Å²) in [4.78, 5) is 28.7. The maximum atomic E-state index is 12.6. The van der Waals surface area contributed by atoms with Gasteiger partial charge in [-0.1, -0.05) is 23.9 Å². The number of nitrogens with zero attached hydrogens (tertiary/aromatic N) is 6. The van der Waals surface area contributed by atoms with Gasteiger partial charge in [-0.3, -0.25) is 9.20 Å². The molecule has 0 bridgehead atoms. The molecule has 10 heteroatoms. The molecular weight excluding hydrogens is 526 g/mol. The molecule has 1 fully saturated rings. The standard InChI is InChI=1S/C25H24BrN7OS/c26-17-8-9-22-27-18(14-23(34)32(22)15-17)16-35-25-28-20-7-3-2-6-19(20)24-29-21(30-33(24)25)10-13-31-11-4-1-5-12-31/h2-3,6-9,14-15H,1,4-5,10-13,16H2/p+1. The highest BCUT2D eigenvalue weighted by Crippen LogP contribution is 2.26. The zero-order valence-corrected chi connectivity index (χ0v) is 21.6. The van der Waals surface area contributed by atoms with Crippen molar-refractivity contribution in [3.05, 3.63) is 75.0 Å². The maximum absolute atomic E-state index is 12.6. The summed E-state index contributed by atoms with van der Waals surface area (Å²) in [6.45, 7) is 3.55. The number of halogens is 1. The van der Waals surface area contributed by atoms with Crippen LogP contribution in [0, 0.1) is 0 Å². The van der Waals surface area contributed by atoms with Crippen LogP contribution < -0.4 is 10.5 Å². The van der Waals surface area contributed by atoms with E-state index in [1.165, 1.54) is 44.1 Å². The molecular formula is C25H25BrN7OS+. The number of fused-ring (bicyclic) bond motifs is 4. The van der Waals surface area contributed by atoms with E-state index in [0.717, 1.165) is 45.0 Å². The fourth-order valence-corrected chi connectivity index (χ4v) is 5.88. The summed E-state index contributed by atoms with van der Waals surface area (Å²) in [7, 11) is 0. The molecule has 0 aliphatic carbocycles. The molecule has 35 heavy (non-hydrogen) atoms. The molecule has 1 N–H and O–H groups in total. The Bertz CT molecular complexity index is 1590. The van der Waals surface area contributed by atoms with Crippen molar-refractivity contribution in [3.8, 4) is 0 Å². The molecule has 0 atom stereocenters. The molecule has 1 aliphatic rings. The number of nitrogens with one attached hydrogen (secondary N) is 1. The monoisotopic (exact) mass is 550 g/mol. The van der Waals surface area contributed by atoms with Crippen molar-refractivity contribution >= 4 is 49.9 Å². The number of piperidine rings is 1. The Labute approximate surface area is 214 Å². The van der Waals surface area contributed by atoms with Gasteiger partial charge in [0.15, 0.2) is 16.6 Å². The summed E-state index contributed by atoms with van der Waals surface area (Å²) in [5.41, 5.74) is 2.94. The third-order valence-corrected chi connectivity index (χ3v) is 7.91. The van der Waals surface area contributed by atoms with Gasteiger partial charge < -0.3 is 4.90 Å². The van der Waals surface area contributed by atoms with Crippen LogP contribution in [0.1, 0.15) is 30.8 Å². The van der Waals surface area contributed by atoms with Crippen LogP contribution in [0.4, 0.5) is 0 Å². The molecule has 0 radical (unpaired) electrons. The van der Waals surface area contributed by atoms with E-state index in [1.54, 1.807) is 21.6 Å². The average Bonchev–Trinajstić information content (AvgIpc) is 3.32. The fourth-order valence-electron chi connectivity index (χ4n) is 4.70. The third kappa shape index (κ3) is 4.70. The second-order valence-corrected chi connectivity index (χ2v) is 10.8. The van der Waals surface area contributed by atoms with Crippen LogP contribution in [0.3, 0.4) is 0 Å². The number of benzene rings is 1. The topological polar surface area (TPSA) is 81.9 Å². The lowest BCUT2D eigenvalue weighted by atomic mass is 10.1. The molecule has 178 valence electrons. The molecule has 0 spiro atoms. The normalized spacial score (nSPS) is 14.9. The molecule has 5 aromatic rings. The summed E-state index contributed by atoms with van der Waals surface area (Å²) in [5.74, 6) is 1.37. The summed E-state index contributed by atoms with van der Waals surface area (Å²) >= 11 is 4.93. The SMILES string of the molecule is O=c1cc(CSc2nc3ccccc3c3nc(CC[NH+]4CCCCC4)nn23)nc2ccc(Br)cn12. The smallest absolute Gasteiger partial charge is 0.258 e. The first-order valence-electron chi connectivity index (χ1n) is 11.9. The highest BCUT2D eigenvalue weighted by molar-refractivity contribution is 9.10. The van der Waals surface area contributed by atoms with Crippen LogP contribution in [0.5, 0.6) is 0 Å². The first-order chi connectivity index (χ1) is 17.1. The first kappa shape index (κ1) is 22.6. The lowest BCUT2D eigenvalue weighted by molar-refractivity contribution is -0.904. The Morgan fingerprint density at radius 3 is 2.77 bits per heavy atom. The van der Waals surface area contributed by atoms with E-state index in [2.05, 4.69) is 20.9 Å². The number of hydrogen-bond acceptors (Lipinski definition) is 6. The van der Waals surface area contributed by atoms with Gasteiger partial charge in [-0.2, -0.15) is 4.52 Å². The highest BCUT2D eigenvalue weighted by atomic mass is 79.9. The van der Waals surface area contributed by atoms with Gasteiger partial charge in [-0.05, 0) is 59.5 Å². The summed E-state index contributed by atoms with van der Waals surface area (Å²) in [6.07, 6.45) is 6.57. The number of rotatable bonds is 6. The Hall–Kier alpha value is -2.82. The van der Waals surface area contributed by atoms with Gasteiger partial charge in [0.05, 0.1) is 37.3 Å². The summed E-state index contributed by atoms with van der Waals surface area (Å²) < 4.78 is 4.24. The van der Waals surface area contributed by atoms with Crippen LogP contribution in [-0.2, 0) is 12.2 Å². The molecule has 1 aromatic carbocycles. The van der Waals surface area contributed by atoms with Crippen molar-refractivity contribution in [2.24, 2.45) is 0 Å². The number of pyridine rings is 1. The van der Waals surface area contributed by atoms with E-state index < -0.39 is 0 Å². The molecule has 0 amide bonds. The van der Waals surface area contributed by atoms with Crippen molar-refractivity contribution in [2.75, 3.05) is 19.6 Å². The Balaban J connectivity index is 1.31. The number of quaternary nitrogens is 1. The van der Waals surface area contributed by atoms with Crippen molar-refractivity contribution in [1.29, 1.82) is 0 Å². The van der Waals surface area contributed by atoms with E-state index in [1.807, 2.05) is 40.9 Å². The van der Waals surface area contributed by atoms with Crippen LogP contribution >= 0.6 is 27.7 Å². The Kier molecular flexibility index (Phi) is 6.26. The van der Waals surface area contributed by atoms with E-state index in [0.29, 0.717) is 17.1 Å². The van der Waals surface area contributed by atoms with Crippen LogP contribution in [0.2, 0.25) is 0 Å². The van der Waals surface area contributed by atoms with Crippen LogP contribution in [0.25, 0.3) is 22.2 Å². The number of hydrogen-bond donors (Lipinski definition) is 1. The summed E-state index contributed by atoms with van der Waals surface area (Å²) in [6, 6.07) is 13.3. The number of para-hydroxylation sites is 1. The van der Waals surface area contributed by atoms with Crippen molar-refractivity contribution in [3.63, 3.8) is 0 Å². The highest BCUT2D eigenvalue weighted by Gasteiger charge is 2.18. The number of thioether (sulfide) groups is 1. The predicted octanol–water partition coefficient (Wildman–Crippen LogP) is 2.95. The van der Waals surface area contributed by atoms with E-state index in [-0.39, 0.29) is 5.56 Å². The fraction of sp³-hybridized carbons (Fsp3) is 0.320. The van der Waals surface area contributed by atoms with Gasteiger partial charge in [0.25, 0.3) is 5.56 Å². The zero-order chi connectivity index (χ0) is 23.8. The van der Waals surface area contributed by atoms with Gasteiger partial charge in [-0.15, -0.1) is 5.10 Å². The molecule has 0 unspecified atom stereocenters. The molecule has 8 nitrogen and oxygen atoms in total. The molecule has 6 rings (SSSR count). The zero-order valence-electron chi connectivity index (χ0n) is 19.2. The molecule has 0 saturated carbocycles. The quantitative estimate of drug-likeness (QED) is 0.258. The summed E-state index contributed by atoms with van der Waals surface area (Å²) in [5, 5.41) is 6.60. The molecule has 5 heterocycles. The van der Waals surface area contributed by atoms with Crippen molar-refractivity contribution < 1.29 is 4.90 Å². The minimum Gasteiger partial charge on any atom is -0.335 e. The van der Waals surface area contributed by atoms with Crippen molar-refractivity contribution in [1.82, 2.24) is 29.0 Å². The molecule has 4 aromatic heterocycles. The Morgan fingerprint density at radius 1 is 1.03 bits per heavy atom. The van der Waals surface area contributed by atoms with E-state index >= 15 is 0 Å². The van der Waals surface area contributed by atoms with E-state index in [9.17, 15) is 4.79 Å². The van der Waals surface area contributed by atoms with Gasteiger partial charge >= 0.3 is 0 Å². The Morgan fingerprint density at radius 2 is 1.89 bits per heavy atom. The number of aromatic nitrogens is 6. The van der Waals surface area contributed by atoms with Crippen LogP contribution in [0.15, 0.2) is 63.1 Å². The average molecular weight is 551 g/mol. The largest absolute Gasteiger partial charge is 0.335 e. The van der Waals surface area contributed by atoms with E-state index in [4.69, 9.17) is 15.1 Å². The molecule has 1 aliphatic heterocycles. The number of likely N-dealkylation sites (tertiary alicyclic amines) is 1. The lowest BCUT2D eigenvalue weighted by Gasteiger charge is -2.22. The first-order valence-corrected chi connectivity index (χ1v) is 13.7. The van der Waals surface area contributed by atoms with Gasteiger partial charge in [-0.25, -0.2) is 15.0 Å². The lowest BCUT2D eigenvalue weighted by Crippen LogP contribution is -3.13. The minimum atomic E-state index is -0.105. The van der Waals surface area contributed by atoms with Gasteiger partial charge in [0.2, 0.25) is 0 Å². The third-order valence-electron chi connectivity index (χ3n) is 6.48. The molecule has 1 saturated heterocycles. The van der Waals surface area contributed by atoms with Gasteiger partial charge in [0, 0.05) is 27.9 Å². The second-order valence-electron chi connectivity index (χ2n) is 8.94. The van der Waals surface area contributed by atoms with Crippen LogP contribution in [-0.4, -0.2) is 48.6 Å².